The monoisotopic (exact) mass is 422 g/mol. The number of para-hydroxylation sites is 2. The molecule has 1 aliphatic carbocycles. The molecule has 0 bridgehead atoms. The number of carbonyl (C=O) groups excluding carboxylic acids is 2. The first-order chi connectivity index (χ1) is 15.2. The van der Waals surface area contributed by atoms with Crippen molar-refractivity contribution in [1.29, 1.82) is 0 Å². The van der Waals surface area contributed by atoms with E-state index in [9.17, 15) is 9.59 Å². The molecule has 0 aromatic heterocycles. The van der Waals surface area contributed by atoms with Crippen molar-refractivity contribution in [2.45, 2.75) is 71.1 Å². The minimum Gasteiger partial charge on any atom is -0.491 e. The summed E-state index contributed by atoms with van der Waals surface area (Å²) in [5.74, 6) is -0.764. The second kappa shape index (κ2) is 12.1. The SMILES string of the molecule is CCCCCCCCCOc1ccccc1NC(=O)C(=O)Nc1cccc2c1CCC2. The molecule has 2 amide bonds. The van der Waals surface area contributed by atoms with Crippen molar-refractivity contribution in [3.8, 4) is 5.75 Å². The molecule has 2 N–H and O–H groups in total. The zero-order valence-electron chi connectivity index (χ0n) is 18.5. The standard InChI is InChI=1S/C26H34N2O3/c1-2-3-4-5-6-7-10-19-31-24-18-9-8-16-23(24)28-26(30)25(29)27-22-17-12-14-20-13-11-15-21(20)22/h8-9,12,14,16-18H,2-7,10-11,13,15,19H2,1H3,(H,27,29)(H,28,30). The molecule has 2 aromatic rings. The first kappa shape index (κ1) is 22.9. The van der Waals surface area contributed by atoms with E-state index in [1.807, 2.05) is 30.3 Å². The van der Waals surface area contributed by atoms with Crippen molar-refractivity contribution < 1.29 is 14.3 Å². The topological polar surface area (TPSA) is 67.4 Å². The molecule has 2 aromatic carbocycles. The van der Waals surface area contributed by atoms with Gasteiger partial charge in [-0.25, -0.2) is 0 Å². The molecule has 1 aliphatic rings. The minimum atomic E-state index is -0.692. The zero-order valence-corrected chi connectivity index (χ0v) is 18.5. The molecule has 166 valence electrons. The van der Waals surface area contributed by atoms with Crippen LogP contribution >= 0.6 is 0 Å². The maximum absolute atomic E-state index is 12.5. The Morgan fingerprint density at radius 3 is 2.29 bits per heavy atom. The number of fused-ring (bicyclic) bond motifs is 1. The van der Waals surface area contributed by atoms with E-state index in [4.69, 9.17) is 4.74 Å². The highest BCUT2D eigenvalue weighted by Gasteiger charge is 2.20. The van der Waals surface area contributed by atoms with Crippen LogP contribution in [0.3, 0.4) is 0 Å². The summed E-state index contributed by atoms with van der Waals surface area (Å²) in [7, 11) is 0. The Morgan fingerprint density at radius 1 is 0.806 bits per heavy atom. The summed E-state index contributed by atoms with van der Waals surface area (Å²) in [5.41, 5.74) is 3.65. The second-order valence-corrected chi connectivity index (χ2v) is 8.17. The summed E-state index contributed by atoms with van der Waals surface area (Å²) in [4.78, 5) is 25.0. The van der Waals surface area contributed by atoms with Gasteiger partial charge in [-0.05, 0) is 55.0 Å². The summed E-state index contributed by atoms with van der Waals surface area (Å²) in [6.07, 6.45) is 11.5. The number of hydrogen-bond donors (Lipinski definition) is 2. The van der Waals surface area contributed by atoms with Crippen molar-refractivity contribution in [2.75, 3.05) is 17.2 Å². The number of anilines is 2. The van der Waals surface area contributed by atoms with Crippen LogP contribution in [0.4, 0.5) is 11.4 Å². The van der Waals surface area contributed by atoms with Gasteiger partial charge in [-0.2, -0.15) is 0 Å². The molecule has 0 atom stereocenters. The normalized spacial score (nSPS) is 12.3. The van der Waals surface area contributed by atoms with Gasteiger partial charge >= 0.3 is 11.8 Å². The van der Waals surface area contributed by atoms with Crippen LogP contribution in [0.1, 0.15) is 69.4 Å². The smallest absolute Gasteiger partial charge is 0.314 e. The molecule has 0 radical (unpaired) electrons. The van der Waals surface area contributed by atoms with E-state index in [1.165, 1.54) is 37.7 Å². The Morgan fingerprint density at radius 2 is 1.48 bits per heavy atom. The minimum absolute atomic E-state index is 0.517. The number of rotatable bonds is 11. The van der Waals surface area contributed by atoms with Crippen molar-refractivity contribution in [3.63, 3.8) is 0 Å². The van der Waals surface area contributed by atoms with Gasteiger partial charge in [0.25, 0.3) is 0 Å². The third-order valence-corrected chi connectivity index (χ3v) is 5.74. The fourth-order valence-corrected chi connectivity index (χ4v) is 4.03. The molecule has 0 aliphatic heterocycles. The molecule has 0 saturated heterocycles. The van der Waals surface area contributed by atoms with Gasteiger partial charge in [0.1, 0.15) is 5.75 Å². The number of nitrogens with one attached hydrogen (secondary N) is 2. The van der Waals surface area contributed by atoms with Crippen LogP contribution in [-0.4, -0.2) is 18.4 Å². The van der Waals surface area contributed by atoms with Crippen LogP contribution in [0.2, 0.25) is 0 Å². The molecule has 3 rings (SSSR count). The number of benzene rings is 2. The second-order valence-electron chi connectivity index (χ2n) is 8.17. The van der Waals surface area contributed by atoms with Gasteiger partial charge in [0.05, 0.1) is 12.3 Å². The molecule has 0 fully saturated rings. The fraction of sp³-hybridized carbons (Fsp3) is 0.462. The molecular formula is C26H34N2O3. The summed E-state index contributed by atoms with van der Waals surface area (Å²) in [5, 5.41) is 5.47. The van der Waals surface area contributed by atoms with E-state index in [-0.39, 0.29) is 0 Å². The highest BCUT2D eigenvalue weighted by atomic mass is 16.5. The van der Waals surface area contributed by atoms with Gasteiger partial charge in [0.15, 0.2) is 0 Å². The van der Waals surface area contributed by atoms with Gasteiger partial charge < -0.3 is 15.4 Å². The van der Waals surface area contributed by atoms with Gasteiger partial charge in [-0.1, -0.05) is 69.7 Å². The lowest BCUT2D eigenvalue weighted by Crippen LogP contribution is -2.29. The summed E-state index contributed by atoms with van der Waals surface area (Å²) in [6, 6.07) is 13.1. The Labute approximate surface area is 185 Å². The number of aryl methyl sites for hydroxylation is 1. The number of unbranched alkanes of at least 4 members (excludes halogenated alkanes) is 6. The number of carbonyl (C=O) groups is 2. The van der Waals surface area contributed by atoms with E-state index >= 15 is 0 Å². The van der Waals surface area contributed by atoms with Crippen molar-refractivity contribution in [3.05, 3.63) is 53.6 Å². The highest BCUT2D eigenvalue weighted by Crippen LogP contribution is 2.29. The van der Waals surface area contributed by atoms with E-state index in [0.717, 1.165) is 43.4 Å². The predicted octanol–water partition coefficient (Wildman–Crippen LogP) is 5.88. The van der Waals surface area contributed by atoms with Gasteiger partial charge in [-0.15, -0.1) is 0 Å². The third-order valence-electron chi connectivity index (χ3n) is 5.74. The molecule has 0 spiro atoms. The van der Waals surface area contributed by atoms with Crippen LogP contribution in [0, 0.1) is 0 Å². The van der Waals surface area contributed by atoms with Crippen molar-refractivity contribution >= 4 is 23.2 Å². The van der Waals surface area contributed by atoms with Gasteiger partial charge in [0, 0.05) is 5.69 Å². The van der Waals surface area contributed by atoms with Crippen molar-refractivity contribution in [2.24, 2.45) is 0 Å². The molecular weight excluding hydrogens is 388 g/mol. The fourth-order valence-electron chi connectivity index (χ4n) is 4.03. The number of amides is 2. The third kappa shape index (κ3) is 6.84. The summed E-state index contributed by atoms with van der Waals surface area (Å²) >= 11 is 0. The first-order valence-electron chi connectivity index (χ1n) is 11.6. The number of hydrogen-bond acceptors (Lipinski definition) is 3. The predicted molar refractivity (Wildman–Crippen MR) is 126 cm³/mol. The number of ether oxygens (including phenoxy) is 1. The molecule has 5 heteroatoms. The maximum atomic E-state index is 12.5. The van der Waals surface area contributed by atoms with Crippen LogP contribution in [-0.2, 0) is 22.4 Å². The Balaban J connectivity index is 1.48. The Hall–Kier alpha value is -2.82. The molecule has 0 unspecified atom stereocenters. The van der Waals surface area contributed by atoms with E-state index in [0.29, 0.717) is 18.0 Å². The first-order valence-corrected chi connectivity index (χ1v) is 11.6. The van der Waals surface area contributed by atoms with E-state index in [1.54, 1.807) is 6.07 Å². The van der Waals surface area contributed by atoms with Crippen LogP contribution in [0.5, 0.6) is 5.75 Å². The Bertz CT molecular complexity index is 879. The van der Waals surface area contributed by atoms with E-state index < -0.39 is 11.8 Å². The van der Waals surface area contributed by atoms with Gasteiger partial charge in [0.2, 0.25) is 0 Å². The van der Waals surface area contributed by atoms with Crippen molar-refractivity contribution in [1.82, 2.24) is 0 Å². The lowest BCUT2D eigenvalue weighted by molar-refractivity contribution is -0.133. The van der Waals surface area contributed by atoms with E-state index in [2.05, 4.69) is 23.6 Å². The molecule has 31 heavy (non-hydrogen) atoms. The molecule has 0 heterocycles. The highest BCUT2D eigenvalue weighted by molar-refractivity contribution is 6.43. The summed E-state index contributed by atoms with van der Waals surface area (Å²) < 4.78 is 5.88. The lowest BCUT2D eigenvalue weighted by atomic mass is 10.1. The van der Waals surface area contributed by atoms with Crippen LogP contribution in [0.25, 0.3) is 0 Å². The van der Waals surface area contributed by atoms with Crippen LogP contribution < -0.4 is 15.4 Å². The van der Waals surface area contributed by atoms with Crippen LogP contribution in [0.15, 0.2) is 42.5 Å². The lowest BCUT2D eigenvalue weighted by Gasteiger charge is -2.13. The van der Waals surface area contributed by atoms with Gasteiger partial charge in [-0.3, -0.25) is 9.59 Å². The maximum Gasteiger partial charge on any atom is 0.314 e. The zero-order chi connectivity index (χ0) is 21.9. The average molecular weight is 423 g/mol. The largest absolute Gasteiger partial charge is 0.491 e. The molecule has 0 saturated carbocycles. The average Bonchev–Trinajstić information content (AvgIpc) is 3.26. The quantitative estimate of drug-likeness (QED) is 0.351. The summed E-state index contributed by atoms with van der Waals surface area (Å²) in [6.45, 7) is 2.82. The molecule has 5 nitrogen and oxygen atoms in total. The Kier molecular flexibility index (Phi) is 8.95.